The van der Waals surface area contributed by atoms with Crippen molar-refractivity contribution in [1.82, 2.24) is 30.2 Å². The Bertz CT molecular complexity index is 1220. The number of H-pyrrole nitrogens is 1. The Hall–Kier alpha value is -3.40. The van der Waals surface area contributed by atoms with E-state index in [9.17, 15) is 4.79 Å². The zero-order valence-electron chi connectivity index (χ0n) is 16.5. The minimum absolute atomic E-state index is 0.0586. The number of carbonyl (C=O) groups excluding carboxylic acids is 1. The number of hydrogen-bond acceptors (Lipinski definition) is 7. The number of thiazole rings is 1. The number of nitrogens with one attached hydrogen (secondary N) is 2. The van der Waals surface area contributed by atoms with Gasteiger partial charge in [0, 0.05) is 43.9 Å². The predicted octanol–water partition coefficient (Wildman–Crippen LogP) is 2.57. The molecule has 0 radical (unpaired) electrons. The Kier molecular flexibility index (Phi) is 4.62. The number of nitrogens with two attached hydrogens (primary N) is 1. The number of aromatic amines is 1. The number of anilines is 2. The second kappa shape index (κ2) is 7.45. The van der Waals surface area contributed by atoms with Gasteiger partial charge in [0.1, 0.15) is 5.52 Å². The highest BCUT2D eigenvalue weighted by Gasteiger charge is 2.29. The van der Waals surface area contributed by atoms with E-state index in [2.05, 4.69) is 43.1 Å². The largest absolute Gasteiger partial charge is 0.368 e. The van der Waals surface area contributed by atoms with Gasteiger partial charge in [-0.2, -0.15) is 4.98 Å². The molecule has 1 fully saturated rings. The van der Waals surface area contributed by atoms with Crippen molar-refractivity contribution in [3.63, 3.8) is 0 Å². The van der Waals surface area contributed by atoms with Gasteiger partial charge in [0.15, 0.2) is 10.6 Å². The van der Waals surface area contributed by atoms with Crippen LogP contribution in [0, 0.1) is 0 Å². The van der Waals surface area contributed by atoms with E-state index in [-0.39, 0.29) is 18.0 Å². The van der Waals surface area contributed by atoms with Crippen molar-refractivity contribution in [2.24, 2.45) is 0 Å². The summed E-state index contributed by atoms with van der Waals surface area (Å²) in [5, 5.41) is 4.18. The van der Waals surface area contributed by atoms with Crippen molar-refractivity contribution < 1.29 is 4.79 Å². The SMILES string of the molecule is CC1CN(C(=O)NCc2ccc3[nH]ccc3c2)CCN1c1nc(N)nc2scnc12. The number of urea groups is 1. The summed E-state index contributed by atoms with van der Waals surface area (Å²) in [6.07, 6.45) is 1.92. The van der Waals surface area contributed by atoms with Crippen molar-refractivity contribution >= 4 is 50.4 Å². The molecule has 1 aliphatic heterocycles. The number of amides is 2. The van der Waals surface area contributed by atoms with Crippen molar-refractivity contribution in [3.05, 3.63) is 41.5 Å². The summed E-state index contributed by atoms with van der Waals surface area (Å²) < 4.78 is 0. The Morgan fingerprint density at radius 1 is 1.33 bits per heavy atom. The fraction of sp³-hybridized carbons (Fsp3) is 0.300. The molecule has 1 aromatic carbocycles. The van der Waals surface area contributed by atoms with Crippen molar-refractivity contribution in [3.8, 4) is 0 Å². The maximum absolute atomic E-state index is 12.7. The van der Waals surface area contributed by atoms with E-state index in [0.717, 1.165) is 32.6 Å². The number of benzene rings is 1. The first-order chi connectivity index (χ1) is 14.6. The zero-order chi connectivity index (χ0) is 20.7. The van der Waals surface area contributed by atoms with Crippen LogP contribution >= 0.6 is 11.3 Å². The molecule has 9 nitrogen and oxygen atoms in total. The summed E-state index contributed by atoms with van der Waals surface area (Å²) in [6, 6.07) is 8.20. The van der Waals surface area contributed by atoms with Gasteiger partial charge in [0.05, 0.1) is 5.51 Å². The van der Waals surface area contributed by atoms with E-state index in [4.69, 9.17) is 5.73 Å². The smallest absolute Gasteiger partial charge is 0.317 e. The first kappa shape index (κ1) is 18.6. The van der Waals surface area contributed by atoms with Gasteiger partial charge in [0.25, 0.3) is 0 Å². The minimum atomic E-state index is -0.0586. The molecule has 0 aliphatic carbocycles. The molecule has 5 rings (SSSR count). The van der Waals surface area contributed by atoms with Crippen LogP contribution < -0.4 is 16.0 Å². The van der Waals surface area contributed by atoms with Crippen LogP contribution in [-0.4, -0.2) is 56.5 Å². The summed E-state index contributed by atoms with van der Waals surface area (Å²) in [7, 11) is 0. The van der Waals surface area contributed by atoms with Crippen LogP contribution in [-0.2, 0) is 6.54 Å². The third-order valence-corrected chi connectivity index (χ3v) is 6.16. The standard InChI is InChI=1S/C20H22N8OS/c1-12-10-27(20(29)23-9-13-2-3-15-14(8-13)4-5-22-15)6-7-28(12)17-16-18(30-11-24-16)26-19(21)25-17/h2-5,8,11-12,22H,6-7,9-10H2,1H3,(H,23,29)(H2,21,25,26). The number of piperazine rings is 1. The maximum Gasteiger partial charge on any atom is 0.317 e. The van der Waals surface area contributed by atoms with E-state index >= 15 is 0 Å². The normalized spacial score (nSPS) is 17.0. The summed E-state index contributed by atoms with van der Waals surface area (Å²) in [4.78, 5) is 33.8. The number of fused-ring (bicyclic) bond motifs is 2. The van der Waals surface area contributed by atoms with Gasteiger partial charge in [-0.1, -0.05) is 6.07 Å². The molecule has 1 aliphatic rings. The van der Waals surface area contributed by atoms with Crippen molar-refractivity contribution in [2.75, 3.05) is 30.3 Å². The third kappa shape index (κ3) is 3.39. The number of rotatable bonds is 3. The molecule has 30 heavy (non-hydrogen) atoms. The zero-order valence-corrected chi connectivity index (χ0v) is 17.3. The molecule has 0 saturated carbocycles. The van der Waals surface area contributed by atoms with Gasteiger partial charge in [-0.05, 0) is 36.1 Å². The lowest BCUT2D eigenvalue weighted by Gasteiger charge is -2.40. The second-order valence-electron chi connectivity index (χ2n) is 7.46. The van der Waals surface area contributed by atoms with Crippen LogP contribution in [0.5, 0.6) is 0 Å². The van der Waals surface area contributed by atoms with E-state index < -0.39 is 0 Å². The summed E-state index contributed by atoms with van der Waals surface area (Å²) in [5.74, 6) is 0.986. The molecule has 3 aromatic heterocycles. The molecule has 1 unspecified atom stereocenters. The third-order valence-electron chi connectivity index (χ3n) is 5.45. The van der Waals surface area contributed by atoms with Gasteiger partial charge in [0.2, 0.25) is 5.95 Å². The number of aromatic nitrogens is 4. The van der Waals surface area contributed by atoms with Crippen molar-refractivity contribution in [2.45, 2.75) is 19.5 Å². The molecule has 4 N–H and O–H groups in total. The molecule has 4 heterocycles. The van der Waals surface area contributed by atoms with E-state index in [1.807, 2.05) is 29.3 Å². The van der Waals surface area contributed by atoms with E-state index in [1.54, 1.807) is 5.51 Å². The van der Waals surface area contributed by atoms with Crippen LogP contribution in [0.4, 0.5) is 16.6 Å². The monoisotopic (exact) mass is 422 g/mol. The first-order valence-electron chi connectivity index (χ1n) is 9.80. The minimum Gasteiger partial charge on any atom is -0.368 e. The lowest BCUT2D eigenvalue weighted by atomic mass is 10.1. The maximum atomic E-state index is 12.7. The van der Waals surface area contributed by atoms with Gasteiger partial charge < -0.3 is 25.8 Å². The molecule has 10 heteroatoms. The van der Waals surface area contributed by atoms with Crippen LogP contribution in [0.25, 0.3) is 21.3 Å². The molecular weight excluding hydrogens is 400 g/mol. The summed E-state index contributed by atoms with van der Waals surface area (Å²) in [6.45, 7) is 4.43. The van der Waals surface area contributed by atoms with Crippen LogP contribution in [0.15, 0.2) is 36.0 Å². The Balaban J connectivity index is 1.24. The number of nitrogens with zero attached hydrogens (tertiary/aromatic N) is 5. The summed E-state index contributed by atoms with van der Waals surface area (Å²) >= 11 is 1.45. The Morgan fingerprint density at radius 3 is 3.10 bits per heavy atom. The molecule has 0 bridgehead atoms. The molecular formula is C20H22N8OS. The highest BCUT2D eigenvalue weighted by Crippen LogP contribution is 2.28. The Labute approximate surface area is 176 Å². The number of nitrogen functional groups attached to an aromatic ring is 1. The molecule has 1 saturated heterocycles. The average Bonchev–Trinajstić information content (AvgIpc) is 3.40. The molecule has 154 valence electrons. The fourth-order valence-corrected chi connectivity index (χ4v) is 4.58. The second-order valence-corrected chi connectivity index (χ2v) is 8.29. The lowest BCUT2D eigenvalue weighted by Crippen LogP contribution is -2.56. The predicted molar refractivity (Wildman–Crippen MR) is 119 cm³/mol. The van der Waals surface area contributed by atoms with Crippen molar-refractivity contribution in [1.29, 1.82) is 0 Å². The van der Waals surface area contributed by atoms with Crippen LogP contribution in [0.3, 0.4) is 0 Å². The summed E-state index contributed by atoms with van der Waals surface area (Å²) in [5.41, 5.74) is 10.6. The molecule has 0 spiro atoms. The molecule has 4 aromatic rings. The van der Waals surface area contributed by atoms with Gasteiger partial charge in [-0.15, -0.1) is 11.3 Å². The van der Waals surface area contributed by atoms with Gasteiger partial charge in [-0.25, -0.2) is 14.8 Å². The van der Waals surface area contributed by atoms with E-state index in [1.165, 1.54) is 11.3 Å². The quantitative estimate of drug-likeness (QED) is 0.467. The average molecular weight is 423 g/mol. The number of hydrogen-bond donors (Lipinski definition) is 3. The highest BCUT2D eigenvalue weighted by molar-refractivity contribution is 7.16. The Morgan fingerprint density at radius 2 is 2.23 bits per heavy atom. The van der Waals surface area contributed by atoms with Crippen LogP contribution in [0.2, 0.25) is 0 Å². The lowest BCUT2D eigenvalue weighted by molar-refractivity contribution is 0.186. The highest BCUT2D eigenvalue weighted by atomic mass is 32.1. The van der Waals surface area contributed by atoms with Gasteiger partial charge in [-0.3, -0.25) is 0 Å². The van der Waals surface area contributed by atoms with E-state index in [0.29, 0.717) is 26.2 Å². The molecule has 2 amide bonds. The first-order valence-corrected chi connectivity index (χ1v) is 10.7. The number of carbonyl (C=O) groups is 1. The van der Waals surface area contributed by atoms with Crippen LogP contribution in [0.1, 0.15) is 12.5 Å². The topological polar surface area (TPSA) is 116 Å². The fourth-order valence-electron chi connectivity index (χ4n) is 3.92. The molecule has 1 atom stereocenters. The van der Waals surface area contributed by atoms with Gasteiger partial charge >= 0.3 is 6.03 Å².